The molecule has 0 heterocycles. The van der Waals surface area contributed by atoms with Crippen LogP contribution in [0.1, 0.15) is 116 Å². The zero-order valence-corrected chi connectivity index (χ0v) is 37.9. The van der Waals surface area contributed by atoms with Crippen molar-refractivity contribution in [2.45, 2.75) is 30.5 Å². The fraction of sp³-hybridized carbons (Fsp3) is 0.0685. The van der Waals surface area contributed by atoms with E-state index in [0.717, 1.165) is 32.7 Å². The first kappa shape index (κ1) is 20.7. The molecule has 1 atom stereocenters. The van der Waals surface area contributed by atoms with Crippen LogP contribution in [-0.2, 0) is 10.8 Å². The molecular weight excluding hydrogens is 877 g/mol. The van der Waals surface area contributed by atoms with Gasteiger partial charge >= 0.3 is 0 Å². The van der Waals surface area contributed by atoms with E-state index >= 15 is 0 Å². The molecule has 0 aromatic heterocycles. The van der Waals surface area contributed by atoms with E-state index in [-0.39, 0.29) is 5.56 Å². The van der Waals surface area contributed by atoms with Gasteiger partial charge in [-0.3, -0.25) is 0 Å². The Bertz CT molecular complexity index is 5890. The third kappa shape index (κ3) is 6.74. The van der Waals surface area contributed by atoms with Gasteiger partial charge in [-0.25, -0.2) is 0 Å². The standard InChI is InChI=1S/C73H52/c1-72(2)66-30-15-13-28-62(66)64-42-39-54(46-68(64)72)53-21-17-22-55(45-53)70(57-40-43-65-63-29-14-16-31-67(63)73(69(65)47-57,58-23-5-3-6-24-58)59-25-7-4-8-26-59)51-35-33-50(34-36-51)61-41-38-49-19-11-12-27-60(49)71(61)56-37-32-48-18-9-10-20-52(48)44-56/h3-47,70H,1-2H3/i1D3,2D3,3D,4D,5D,6D,7D,8D,13D,14D,15D,16D,17D,21D,22D,23D,24D,25D,26D,28D,29D,30D,31D,39D,40D,42D,43D,45D,46D,47D. The second-order valence-corrected chi connectivity index (χ2v) is 17.7. The van der Waals surface area contributed by atoms with Crippen LogP contribution >= 0.6 is 0 Å². The molecule has 0 radical (unpaired) electrons. The maximum absolute atomic E-state index is 11.0. The predicted molar refractivity (Wildman–Crippen MR) is 306 cm³/mol. The summed E-state index contributed by atoms with van der Waals surface area (Å²) in [5.41, 5.74) is -18.5. The van der Waals surface area contributed by atoms with Crippen LogP contribution in [0, 0.1) is 0 Å². The number of benzene rings is 12. The molecule has 0 spiro atoms. The SMILES string of the molecule is [2H]c1c([2H])c([2H])c(C2(c3c([2H])c([2H])c([2H])c([2H])c3[2H])c3c([2H])c([2H])c([2H])c([2H])c3-c3c([2H])c([2H])c(C(c4ccc(-c5ccc6ccccc6c5-c5ccc6ccccc6c5)cc4)c4c([2H])c([2H])c([2H])c(-c5c([2H])c([2H])c6c(c5[2H])C(C([2H])([2H])[2H])(C([2H])([2H])[2H])c5c([2H])c([2H])c([2H])c([2H])c5-6)c4[2H])c([2H])c32)c([2H])c1[2H]. The van der Waals surface area contributed by atoms with Gasteiger partial charge < -0.3 is 0 Å². The van der Waals surface area contributed by atoms with Crippen LogP contribution in [-0.4, -0.2) is 0 Å². The average Bonchev–Trinajstić information content (AvgIpc) is 1.51. The van der Waals surface area contributed by atoms with Crippen molar-refractivity contribution in [1.82, 2.24) is 0 Å². The Balaban J connectivity index is 1.17. The van der Waals surface area contributed by atoms with Gasteiger partial charge in [0, 0.05) is 19.6 Å². The summed E-state index contributed by atoms with van der Waals surface area (Å²) in [7, 11) is 0. The molecule has 12 aromatic rings. The summed E-state index contributed by atoms with van der Waals surface area (Å²) in [6, 6.07) is -1.60. The fourth-order valence-electron chi connectivity index (χ4n) is 10.5. The molecule has 0 N–H and O–H groups in total. The minimum Gasteiger partial charge on any atom is -0.0622 e. The lowest BCUT2D eigenvalue weighted by Gasteiger charge is -2.34. The third-order valence-corrected chi connectivity index (χ3v) is 13.8. The Hall–Kier alpha value is -8.84. The van der Waals surface area contributed by atoms with Gasteiger partial charge in [-0.1, -0.05) is 274 Å². The molecule has 14 rings (SSSR count). The van der Waals surface area contributed by atoms with E-state index in [2.05, 4.69) is 0 Å². The molecule has 0 bridgehead atoms. The summed E-state index contributed by atoms with van der Waals surface area (Å²) in [6.45, 7) is -7.90. The molecule has 0 fully saturated rings. The Morgan fingerprint density at radius 3 is 1.71 bits per heavy atom. The maximum Gasteiger partial charge on any atom is 0.0713 e. The average molecular weight is 963 g/mol. The second-order valence-electron chi connectivity index (χ2n) is 17.7. The molecule has 0 aliphatic heterocycles. The van der Waals surface area contributed by atoms with Crippen LogP contribution in [0.3, 0.4) is 0 Å². The van der Waals surface area contributed by atoms with E-state index in [4.69, 9.17) is 23.3 Å². The van der Waals surface area contributed by atoms with Gasteiger partial charge in [-0.15, -0.1) is 0 Å². The highest BCUT2D eigenvalue weighted by atomic mass is 14.5. The molecule has 344 valence electrons. The smallest absolute Gasteiger partial charge is 0.0622 e. The van der Waals surface area contributed by atoms with Crippen LogP contribution in [0.2, 0.25) is 0 Å². The zero-order chi connectivity index (χ0) is 78.0. The summed E-state index contributed by atoms with van der Waals surface area (Å²) < 4.78 is 322. The Morgan fingerprint density at radius 1 is 0.356 bits per heavy atom. The van der Waals surface area contributed by atoms with E-state index in [1.807, 2.05) is 78.9 Å². The van der Waals surface area contributed by atoms with Crippen molar-refractivity contribution in [1.29, 1.82) is 0 Å². The van der Waals surface area contributed by atoms with Crippen LogP contribution in [0.25, 0.3) is 77.2 Å². The van der Waals surface area contributed by atoms with Gasteiger partial charge in [0.15, 0.2) is 0 Å². The molecule has 12 aromatic carbocycles. The minimum absolute atomic E-state index is 0.209. The van der Waals surface area contributed by atoms with E-state index in [0.29, 0.717) is 11.1 Å². The number of rotatable bonds is 8. The van der Waals surface area contributed by atoms with Crippen molar-refractivity contribution in [2.24, 2.45) is 0 Å². The first-order valence-corrected chi connectivity index (χ1v) is 23.0. The van der Waals surface area contributed by atoms with Crippen molar-refractivity contribution >= 4 is 21.5 Å². The highest BCUT2D eigenvalue weighted by Crippen LogP contribution is 2.57. The zero-order valence-electron chi connectivity index (χ0n) is 71.9. The Labute approximate surface area is 476 Å². The number of hydrogen-bond donors (Lipinski definition) is 0. The van der Waals surface area contributed by atoms with Crippen molar-refractivity contribution in [2.75, 3.05) is 0 Å². The summed E-state index contributed by atoms with van der Waals surface area (Å²) in [5, 5.41) is 3.44. The Kier molecular flexibility index (Phi) is 4.80. The lowest BCUT2D eigenvalue weighted by Crippen LogP contribution is -2.28. The summed E-state index contributed by atoms with van der Waals surface area (Å²) in [6.07, 6.45) is 0. The monoisotopic (exact) mass is 963 g/mol. The largest absolute Gasteiger partial charge is 0.0713 e. The summed E-state index contributed by atoms with van der Waals surface area (Å²) in [5.74, 6) is -2.27. The molecule has 0 amide bonds. The van der Waals surface area contributed by atoms with Crippen LogP contribution in [0.5, 0.6) is 0 Å². The van der Waals surface area contributed by atoms with Gasteiger partial charge in [0.05, 0.1) is 43.8 Å². The van der Waals surface area contributed by atoms with Gasteiger partial charge in [-0.2, -0.15) is 0 Å². The molecule has 0 nitrogen and oxygen atoms in total. The second kappa shape index (κ2) is 16.9. The normalized spacial score (nSPS) is 21.0. The Morgan fingerprint density at radius 2 is 0.945 bits per heavy atom. The van der Waals surface area contributed by atoms with Gasteiger partial charge in [0.25, 0.3) is 0 Å². The maximum atomic E-state index is 11.0. The molecule has 1 unspecified atom stereocenters. The van der Waals surface area contributed by atoms with Crippen molar-refractivity contribution in [3.63, 3.8) is 0 Å². The van der Waals surface area contributed by atoms with E-state index in [9.17, 15) is 23.3 Å². The number of hydrogen-bond acceptors (Lipinski definition) is 0. The lowest BCUT2D eigenvalue weighted by atomic mass is 9.67. The quantitative estimate of drug-likeness (QED) is 0.133. The first-order valence-electron chi connectivity index (χ1n) is 40.0. The molecule has 2 aliphatic carbocycles. The van der Waals surface area contributed by atoms with Crippen molar-refractivity contribution in [3.8, 4) is 55.6 Å². The molecule has 0 heteroatoms. The van der Waals surface area contributed by atoms with Crippen molar-refractivity contribution < 1.29 is 46.6 Å². The molecular formula is C73H52. The van der Waals surface area contributed by atoms with Gasteiger partial charge in [0.2, 0.25) is 0 Å². The lowest BCUT2D eigenvalue weighted by molar-refractivity contribution is 0.660. The van der Waals surface area contributed by atoms with Gasteiger partial charge in [-0.05, 0) is 139 Å². The van der Waals surface area contributed by atoms with Crippen molar-refractivity contribution in [3.05, 3.63) is 322 Å². The highest BCUT2D eigenvalue weighted by molar-refractivity contribution is 6.05. The number of fused-ring (bicyclic) bond motifs is 8. The molecule has 2 aliphatic rings. The van der Waals surface area contributed by atoms with Gasteiger partial charge in [0.1, 0.15) is 0 Å². The fourth-order valence-corrected chi connectivity index (χ4v) is 10.5. The highest BCUT2D eigenvalue weighted by Gasteiger charge is 2.46. The van der Waals surface area contributed by atoms with E-state index in [1.54, 1.807) is 12.1 Å². The minimum atomic E-state index is -3.95. The molecule has 0 saturated heterocycles. The topological polar surface area (TPSA) is 0 Å². The summed E-state index contributed by atoms with van der Waals surface area (Å²) >= 11 is 0. The molecule has 73 heavy (non-hydrogen) atoms. The molecule has 0 saturated carbocycles. The van der Waals surface area contributed by atoms with Crippen LogP contribution in [0.15, 0.2) is 272 Å². The van der Waals surface area contributed by atoms with Crippen LogP contribution in [0.4, 0.5) is 0 Å². The predicted octanol–water partition coefficient (Wildman–Crippen LogP) is 18.8. The van der Waals surface area contributed by atoms with Crippen LogP contribution < -0.4 is 0 Å². The third-order valence-electron chi connectivity index (χ3n) is 13.8. The van der Waals surface area contributed by atoms with E-state index < -0.39 is 278 Å². The summed E-state index contributed by atoms with van der Waals surface area (Å²) in [4.78, 5) is 0. The van der Waals surface area contributed by atoms with E-state index in [1.165, 1.54) is 12.1 Å². The first-order chi connectivity index (χ1) is 50.1.